The predicted molar refractivity (Wildman–Crippen MR) is 109 cm³/mol. The molecular formula is C21H28N6O. The highest BCUT2D eigenvalue weighted by molar-refractivity contribution is 5.86. The van der Waals surface area contributed by atoms with E-state index in [1.807, 2.05) is 34.2 Å². The number of aryl methyl sites for hydroxylation is 1. The number of fused-ring (bicyclic) bond motifs is 3. The number of tetrazole rings is 1. The van der Waals surface area contributed by atoms with Crippen LogP contribution in [0.25, 0.3) is 16.6 Å². The Morgan fingerprint density at radius 3 is 2.68 bits per heavy atom. The summed E-state index contributed by atoms with van der Waals surface area (Å²) in [6.07, 6.45) is 4.51. The molecule has 7 heteroatoms. The zero-order valence-electron chi connectivity index (χ0n) is 16.9. The van der Waals surface area contributed by atoms with E-state index in [4.69, 9.17) is 0 Å². The number of nitrogens with zero attached hydrogens (tertiary/aromatic N) is 6. The fraction of sp³-hybridized carbons (Fsp3) is 0.524. The summed E-state index contributed by atoms with van der Waals surface area (Å²) in [7, 11) is 0. The fourth-order valence-electron chi connectivity index (χ4n) is 4.42. The van der Waals surface area contributed by atoms with Gasteiger partial charge in [-0.2, -0.15) is 4.52 Å². The zero-order chi connectivity index (χ0) is 19.7. The maximum Gasteiger partial charge on any atom is 0.320 e. The summed E-state index contributed by atoms with van der Waals surface area (Å²) < 4.78 is 1.81. The van der Waals surface area contributed by atoms with Gasteiger partial charge in [-0.05, 0) is 55.7 Å². The summed E-state index contributed by atoms with van der Waals surface area (Å²) >= 11 is 0. The lowest BCUT2D eigenvalue weighted by Crippen LogP contribution is -2.47. The Labute approximate surface area is 165 Å². The molecule has 0 aliphatic heterocycles. The summed E-state index contributed by atoms with van der Waals surface area (Å²) in [5.41, 5.74) is 3.88. The summed E-state index contributed by atoms with van der Waals surface area (Å²) in [4.78, 5) is 17.2. The van der Waals surface area contributed by atoms with Crippen LogP contribution in [-0.4, -0.2) is 55.0 Å². The van der Waals surface area contributed by atoms with E-state index in [9.17, 15) is 4.79 Å². The summed E-state index contributed by atoms with van der Waals surface area (Å²) in [6, 6.07) is 8.75. The Hall–Kier alpha value is -2.70. The lowest BCUT2D eigenvalue weighted by atomic mass is 10.1. The van der Waals surface area contributed by atoms with Crippen LogP contribution in [0.3, 0.4) is 0 Å². The smallest absolute Gasteiger partial charge is 0.320 e. The van der Waals surface area contributed by atoms with Crippen molar-refractivity contribution in [2.45, 2.75) is 59.0 Å². The number of benzene rings is 1. The van der Waals surface area contributed by atoms with Crippen LogP contribution in [-0.2, 0) is 6.54 Å². The molecule has 2 heterocycles. The average molecular weight is 380 g/mol. The van der Waals surface area contributed by atoms with E-state index in [2.05, 4.69) is 40.6 Å². The number of carbonyl (C=O) groups is 1. The van der Waals surface area contributed by atoms with Crippen molar-refractivity contribution < 1.29 is 4.79 Å². The van der Waals surface area contributed by atoms with Crippen LogP contribution >= 0.6 is 0 Å². The van der Waals surface area contributed by atoms with Gasteiger partial charge in [-0.1, -0.05) is 31.0 Å². The monoisotopic (exact) mass is 380 g/mol. The van der Waals surface area contributed by atoms with Gasteiger partial charge in [0.25, 0.3) is 0 Å². The van der Waals surface area contributed by atoms with E-state index in [1.165, 1.54) is 12.8 Å². The lowest BCUT2D eigenvalue weighted by molar-refractivity contribution is 0.134. The largest absolute Gasteiger partial charge is 0.325 e. The molecule has 1 aliphatic rings. The molecule has 1 aromatic carbocycles. The predicted octanol–water partition coefficient (Wildman–Crippen LogP) is 3.79. The van der Waals surface area contributed by atoms with Crippen molar-refractivity contribution in [3.05, 3.63) is 35.4 Å². The van der Waals surface area contributed by atoms with E-state index in [-0.39, 0.29) is 12.1 Å². The number of hydrogen-bond acceptors (Lipinski definition) is 4. The zero-order valence-corrected chi connectivity index (χ0v) is 16.9. The number of aromatic nitrogens is 4. The molecule has 2 aromatic heterocycles. The van der Waals surface area contributed by atoms with Crippen LogP contribution in [0.2, 0.25) is 0 Å². The molecule has 7 nitrogen and oxygen atoms in total. The van der Waals surface area contributed by atoms with Gasteiger partial charge < -0.3 is 9.80 Å². The highest BCUT2D eigenvalue weighted by atomic mass is 16.2. The standard InChI is InChI=1S/C21H28N6O/c1-4-25(5-2)21(28)26(18-11-6-7-12-18)14-17-13-16-10-8-9-15(3)19(16)27-20(17)22-23-24-27/h8-10,13,18H,4-7,11-12,14H2,1-3H3. The third-order valence-corrected chi connectivity index (χ3v) is 5.95. The highest BCUT2D eigenvalue weighted by Crippen LogP contribution is 2.28. The highest BCUT2D eigenvalue weighted by Gasteiger charge is 2.30. The van der Waals surface area contributed by atoms with Crippen molar-refractivity contribution >= 4 is 22.6 Å². The SMILES string of the molecule is CCN(CC)C(=O)N(Cc1cc2cccc(C)c2n2nnnc12)C1CCCC1. The minimum atomic E-state index is 0.117. The minimum absolute atomic E-state index is 0.117. The van der Waals surface area contributed by atoms with E-state index < -0.39 is 0 Å². The normalized spacial score (nSPS) is 14.8. The topological polar surface area (TPSA) is 66.6 Å². The fourth-order valence-corrected chi connectivity index (χ4v) is 4.42. The van der Waals surface area contributed by atoms with Crippen molar-refractivity contribution in [1.29, 1.82) is 0 Å². The molecule has 2 amide bonds. The number of amides is 2. The number of hydrogen-bond donors (Lipinski definition) is 0. The molecule has 0 N–H and O–H groups in total. The van der Waals surface area contributed by atoms with Crippen LogP contribution < -0.4 is 0 Å². The van der Waals surface area contributed by atoms with Gasteiger partial charge in [0, 0.05) is 30.1 Å². The summed E-state index contributed by atoms with van der Waals surface area (Å²) in [6.45, 7) is 8.11. The number of para-hydroxylation sites is 1. The first-order valence-electron chi connectivity index (χ1n) is 10.3. The van der Waals surface area contributed by atoms with Crippen molar-refractivity contribution in [1.82, 2.24) is 29.8 Å². The lowest BCUT2D eigenvalue weighted by Gasteiger charge is -2.34. The number of carbonyl (C=O) groups excluding carboxylic acids is 1. The van der Waals surface area contributed by atoms with Crippen LogP contribution in [0, 0.1) is 6.92 Å². The molecular weight excluding hydrogens is 352 g/mol. The van der Waals surface area contributed by atoms with Crippen LogP contribution in [0.5, 0.6) is 0 Å². The van der Waals surface area contributed by atoms with Gasteiger partial charge in [-0.15, -0.1) is 5.10 Å². The van der Waals surface area contributed by atoms with Crippen molar-refractivity contribution in [3.8, 4) is 0 Å². The van der Waals surface area contributed by atoms with E-state index in [0.717, 1.165) is 53.6 Å². The molecule has 0 radical (unpaired) electrons. The van der Waals surface area contributed by atoms with Crippen LogP contribution in [0.15, 0.2) is 24.3 Å². The van der Waals surface area contributed by atoms with Gasteiger partial charge in [0.2, 0.25) is 0 Å². The molecule has 3 aromatic rings. The molecule has 0 unspecified atom stereocenters. The van der Waals surface area contributed by atoms with Gasteiger partial charge in [-0.3, -0.25) is 0 Å². The average Bonchev–Trinajstić information content (AvgIpc) is 3.39. The first kappa shape index (κ1) is 18.7. The van der Waals surface area contributed by atoms with Crippen LogP contribution in [0.1, 0.15) is 50.7 Å². The van der Waals surface area contributed by atoms with Crippen molar-refractivity contribution in [3.63, 3.8) is 0 Å². The van der Waals surface area contributed by atoms with Crippen molar-refractivity contribution in [2.75, 3.05) is 13.1 Å². The molecule has 28 heavy (non-hydrogen) atoms. The Morgan fingerprint density at radius 2 is 1.96 bits per heavy atom. The molecule has 1 fully saturated rings. The molecule has 1 aliphatic carbocycles. The molecule has 4 rings (SSSR count). The molecule has 0 atom stereocenters. The number of urea groups is 1. The van der Waals surface area contributed by atoms with Gasteiger partial charge in [0.05, 0.1) is 12.1 Å². The molecule has 0 spiro atoms. The summed E-state index contributed by atoms with van der Waals surface area (Å²) in [5.74, 6) is 0. The third kappa shape index (κ3) is 3.19. The molecule has 0 bridgehead atoms. The Bertz CT molecular complexity index is 987. The summed E-state index contributed by atoms with van der Waals surface area (Å²) in [5, 5.41) is 13.5. The third-order valence-electron chi connectivity index (χ3n) is 5.95. The minimum Gasteiger partial charge on any atom is -0.325 e. The Kier molecular flexibility index (Phi) is 5.15. The Balaban J connectivity index is 1.78. The van der Waals surface area contributed by atoms with Crippen LogP contribution in [0.4, 0.5) is 4.79 Å². The maximum absolute atomic E-state index is 13.3. The quantitative estimate of drug-likeness (QED) is 0.675. The number of pyridine rings is 1. The maximum atomic E-state index is 13.3. The second-order valence-corrected chi connectivity index (χ2v) is 7.62. The van der Waals surface area contributed by atoms with E-state index in [0.29, 0.717) is 6.54 Å². The van der Waals surface area contributed by atoms with E-state index >= 15 is 0 Å². The first-order chi connectivity index (χ1) is 13.6. The number of rotatable bonds is 5. The second-order valence-electron chi connectivity index (χ2n) is 7.62. The van der Waals surface area contributed by atoms with Crippen molar-refractivity contribution in [2.24, 2.45) is 0 Å². The molecule has 1 saturated carbocycles. The van der Waals surface area contributed by atoms with Gasteiger partial charge >= 0.3 is 6.03 Å². The second kappa shape index (κ2) is 7.73. The van der Waals surface area contributed by atoms with Gasteiger partial charge in [0.1, 0.15) is 0 Å². The first-order valence-corrected chi connectivity index (χ1v) is 10.3. The molecule has 0 saturated heterocycles. The van der Waals surface area contributed by atoms with Gasteiger partial charge in [0.15, 0.2) is 5.65 Å². The Morgan fingerprint density at radius 1 is 1.21 bits per heavy atom. The van der Waals surface area contributed by atoms with E-state index in [1.54, 1.807) is 0 Å². The van der Waals surface area contributed by atoms with Gasteiger partial charge in [-0.25, -0.2) is 4.79 Å². The molecule has 148 valence electrons.